The molecule has 1 aliphatic rings. The van der Waals surface area contributed by atoms with Gasteiger partial charge < -0.3 is 10.1 Å². The maximum atomic E-state index is 11.9. The molecule has 1 N–H and O–H groups in total. The highest BCUT2D eigenvalue weighted by Gasteiger charge is 2.34. The number of carbonyl (C=O) groups excluding carboxylic acids is 1. The predicted molar refractivity (Wildman–Crippen MR) is 73.7 cm³/mol. The van der Waals surface area contributed by atoms with Crippen LogP contribution in [0.3, 0.4) is 0 Å². The number of carbonyl (C=O) groups is 1. The zero-order valence-corrected chi connectivity index (χ0v) is 11.7. The fourth-order valence-corrected chi connectivity index (χ4v) is 2.15. The molecule has 1 saturated carbocycles. The number of nitrogens with zero attached hydrogens (tertiary/aromatic N) is 1. The Kier molecular flexibility index (Phi) is 4.91. The van der Waals surface area contributed by atoms with Crippen LogP contribution in [-0.4, -0.2) is 24.1 Å². The zero-order chi connectivity index (χ0) is 13.7. The van der Waals surface area contributed by atoms with E-state index in [2.05, 4.69) is 10.3 Å². The molecule has 4 heteroatoms. The van der Waals surface area contributed by atoms with Crippen LogP contribution in [0.4, 0.5) is 0 Å². The van der Waals surface area contributed by atoms with Gasteiger partial charge in [0.1, 0.15) is 0 Å². The van der Waals surface area contributed by atoms with Crippen LogP contribution in [-0.2, 0) is 9.53 Å². The Bertz CT molecular complexity index is 430. The molecule has 0 bridgehead atoms. The summed E-state index contributed by atoms with van der Waals surface area (Å²) in [6.07, 6.45) is 2.76. The zero-order valence-electron chi connectivity index (χ0n) is 11.7. The molecule has 1 unspecified atom stereocenters. The molecule has 1 aliphatic carbocycles. The maximum Gasteiger partial charge on any atom is 0.222 e. The van der Waals surface area contributed by atoms with Crippen LogP contribution in [0.2, 0.25) is 0 Å². The minimum atomic E-state index is 0.0497. The third kappa shape index (κ3) is 4.31. The van der Waals surface area contributed by atoms with E-state index in [0.717, 1.165) is 11.4 Å². The van der Waals surface area contributed by atoms with Crippen molar-refractivity contribution in [2.24, 2.45) is 5.92 Å². The fraction of sp³-hybridized carbons (Fsp3) is 0.600. The number of pyridine rings is 1. The van der Waals surface area contributed by atoms with E-state index in [4.69, 9.17) is 4.74 Å². The first-order chi connectivity index (χ1) is 9.20. The molecular formula is C15H22N2O2. The van der Waals surface area contributed by atoms with Crippen LogP contribution in [0.5, 0.6) is 0 Å². The molecule has 1 heterocycles. The van der Waals surface area contributed by atoms with E-state index >= 15 is 0 Å². The molecule has 1 aromatic heterocycles. The Morgan fingerprint density at radius 2 is 2.32 bits per heavy atom. The first-order valence-corrected chi connectivity index (χ1v) is 7.01. The van der Waals surface area contributed by atoms with Crippen molar-refractivity contribution in [3.63, 3.8) is 0 Å². The molecule has 1 aromatic rings. The lowest BCUT2D eigenvalue weighted by molar-refractivity contribution is -0.123. The average molecular weight is 262 g/mol. The van der Waals surface area contributed by atoms with Crippen molar-refractivity contribution < 1.29 is 9.53 Å². The summed E-state index contributed by atoms with van der Waals surface area (Å²) in [7, 11) is 0. The van der Waals surface area contributed by atoms with E-state index in [1.807, 2.05) is 32.0 Å². The van der Waals surface area contributed by atoms with Gasteiger partial charge in [-0.05, 0) is 44.7 Å². The topological polar surface area (TPSA) is 51.2 Å². The van der Waals surface area contributed by atoms with Crippen LogP contribution < -0.4 is 5.32 Å². The molecule has 0 radical (unpaired) electrons. The van der Waals surface area contributed by atoms with Crippen LogP contribution in [0.15, 0.2) is 18.2 Å². The molecule has 4 nitrogen and oxygen atoms in total. The number of hydrogen-bond donors (Lipinski definition) is 1. The van der Waals surface area contributed by atoms with Crippen molar-refractivity contribution in [1.29, 1.82) is 0 Å². The van der Waals surface area contributed by atoms with Gasteiger partial charge in [-0.15, -0.1) is 0 Å². The minimum Gasteiger partial charge on any atom is -0.381 e. The maximum absolute atomic E-state index is 11.9. The van der Waals surface area contributed by atoms with Gasteiger partial charge in [0.2, 0.25) is 5.91 Å². The van der Waals surface area contributed by atoms with Crippen LogP contribution in [0.1, 0.15) is 43.6 Å². The van der Waals surface area contributed by atoms with Gasteiger partial charge >= 0.3 is 0 Å². The number of aromatic nitrogens is 1. The summed E-state index contributed by atoms with van der Waals surface area (Å²) in [6.45, 7) is 5.05. The molecule has 2 rings (SSSR count). The van der Waals surface area contributed by atoms with E-state index in [9.17, 15) is 4.79 Å². The summed E-state index contributed by atoms with van der Waals surface area (Å²) in [5.41, 5.74) is 1.97. The molecule has 0 aliphatic heterocycles. The lowest BCUT2D eigenvalue weighted by Gasteiger charge is -2.18. The van der Waals surface area contributed by atoms with E-state index in [1.54, 1.807) is 0 Å². The van der Waals surface area contributed by atoms with Gasteiger partial charge in [-0.1, -0.05) is 6.07 Å². The summed E-state index contributed by atoms with van der Waals surface area (Å²) >= 11 is 0. The van der Waals surface area contributed by atoms with E-state index in [-0.39, 0.29) is 11.9 Å². The molecule has 1 atom stereocenters. The Morgan fingerprint density at radius 1 is 1.53 bits per heavy atom. The van der Waals surface area contributed by atoms with Crippen molar-refractivity contribution in [1.82, 2.24) is 10.3 Å². The predicted octanol–water partition coefficient (Wildman–Crippen LogP) is 2.38. The summed E-state index contributed by atoms with van der Waals surface area (Å²) in [5, 5.41) is 3.10. The van der Waals surface area contributed by atoms with Crippen LogP contribution in [0.25, 0.3) is 0 Å². The summed E-state index contributed by atoms with van der Waals surface area (Å²) in [6, 6.07) is 6.04. The standard InChI is InChI=1S/C15H22N2O2/c1-3-19-10-9-14(18)17-15(12-7-8-12)13-6-4-5-11(2)16-13/h4-6,12,15H,3,7-10H2,1-2H3,(H,17,18). The SMILES string of the molecule is CCOCCC(=O)NC(c1cccc(C)n1)C1CC1. The van der Waals surface area contributed by atoms with Crippen molar-refractivity contribution in [2.75, 3.05) is 13.2 Å². The van der Waals surface area contributed by atoms with Crippen molar-refractivity contribution >= 4 is 5.91 Å². The van der Waals surface area contributed by atoms with Gasteiger partial charge in [-0.2, -0.15) is 0 Å². The van der Waals surface area contributed by atoms with Crippen LogP contribution >= 0.6 is 0 Å². The molecular weight excluding hydrogens is 240 g/mol. The highest BCUT2D eigenvalue weighted by molar-refractivity contribution is 5.76. The van der Waals surface area contributed by atoms with Gasteiger partial charge in [0, 0.05) is 18.7 Å². The molecule has 19 heavy (non-hydrogen) atoms. The number of rotatable bonds is 7. The minimum absolute atomic E-state index is 0.0497. The number of nitrogens with one attached hydrogen (secondary N) is 1. The molecule has 0 saturated heterocycles. The van der Waals surface area contributed by atoms with Gasteiger partial charge in [0.25, 0.3) is 0 Å². The van der Waals surface area contributed by atoms with Crippen molar-refractivity contribution in [2.45, 2.75) is 39.2 Å². The number of ether oxygens (including phenoxy) is 1. The lowest BCUT2D eigenvalue weighted by atomic mass is 10.1. The highest BCUT2D eigenvalue weighted by Crippen LogP contribution is 2.40. The quantitative estimate of drug-likeness (QED) is 0.768. The number of amides is 1. The smallest absolute Gasteiger partial charge is 0.222 e. The third-order valence-electron chi connectivity index (χ3n) is 3.32. The van der Waals surface area contributed by atoms with Gasteiger partial charge in [-0.3, -0.25) is 9.78 Å². The normalized spacial score (nSPS) is 16.1. The Balaban J connectivity index is 1.95. The lowest BCUT2D eigenvalue weighted by Crippen LogP contribution is -2.31. The number of aryl methyl sites for hydroxylation is 1. The van der Waals surface area contributed by atoms with E-state index in [0.29, 0.717) is 25.6 Å². The average Bonchev–Trinajstić information content (AvgIpc) is 3.20. The third-order valence-corrected chi connectivity index (χ3v) is 3.32. The Hall–Kier alpha value is -1.42. The van der Waals surface area contributed by atoms with Crippen molar-refractivity contribution in [3.8, 4) is 0 Å². The monoisotopic (exact) mass is 262 g/mol. The molecule has 1 fully saturated rings. The van der Waals surface area contributed by atoms with E-state index < -0.39 is 0 Å². The van der Waals surface area contributed by atoms with Crippen LogP contribution in [0, 0.1) is 12.8 Å². The Morgan fingerprint density at radius 3 is 2.95 bits per heavy atom. The first-order valence-electron chi connectivity index (χ1n) is 7.01. The second-order valence-corrected chi connectivity index (χ2v) is 5.03. The Labute approximate surface area is 114 Å². The van der Waals surface area contributed by atoms with E-state index in [1.165, 1.54) is 12.8 Å². The second-order valence-electron chi connectivity index (χ2n) is 5.03. The van der Waals surface area contributed by atoms with Gasteiger partial charge in [0.05, 0.1) is 18.3 Å². The summed E-state index contributed by atoms with van der Waals surface area (Å²) in [5.74, 6) is 0.596. The largest absolute Gasteiger partial charge is 0.381 e. The molecule has 0 spiro atoms. The molecule has 104 valence electrons. The highest BCUT2D eigenvalue weighted by atomic mass is 16.5. The van der Waals surface area contributed by atoms with Gasteiger partial charge in [-0.25, -0.2) is 0 Å². The number of hydrogen-bond acceptors (Lipinski definition) is 3. The fourth-order valence-electron chi connectivity index (χ4n) is 2.15. The molecule has 0 aromatic carbocycles. The second kappa shape index (κ2) is 6.66. The van der Waals surface area contributed by atoms with Crippen molar-refractivity contribution in [3.05, 3.63) is 29.6 Å². The summed E-state index contributed by atoms with van der Waals surface area (Å²) < 4.78 is 5.21. The summed E-state index contributed by atoms with van der Waals surface area (Å²) in [4.78, 5) is 16.4. The molecule has 1 amide bonds. The first kappa shape index (κ1) is 14.0. The van der Waals surface area contributed by atoms with Gasteiger partial charge in [0.15, 0.2) is 0 Å².